The Bertz CT molecular complexity index is 721. The van der Waals surface area contributed by atoms with Crippen LogP contribution >= 0.6 is 23.1 Å². The van der Waals surface area contributed by atoms with Gasteiger partial charge in [-0.15, -0.1) is 16.4 Å². The number of thioether (sulfide) groups is 1. The molecule has 2 heterocycles. The Labute approximate surface area is 130 Å². The average molecular weight is 318 g/mol. The van der Waals surface area contributed by atoms with Gasteiger partial charge < -0.3 is 4.74 Å². The molecule has 0 aliphatic heterocycles. The molecule has 2 aromatic heterocycles. The fourth-order valence-electron chi connectivity index (χ4n) is 1.80. The van der Waals surface area contributed by atoms with E-state index in [4.69, 9.17) is 4.74 Å². The highest BCUT2D eigenvalue weighted by atomic mass is 32.2. The molecule has 1 N–H and O–H groups in total. The van der Waals surface area contributed by atoms with Crippen LogP contribution in [0.25, 0.3) is 11.4 Å². The molecule has 0 spiro atoms. The largest absolute Gasteiger partial charge is 0.497 e. The summed E-state index contributed by atoms with van der Waals surface area (Å²) in [6.45, 7) is 2.01. The first-order valence-electron chi connectivity index (χ1n) is 6.35. The number of hydrogen-bond donors (Lipinski definition) is 1. The van der Waals surface area contributed by atoms with E-state index in [1.807, 2.05) is 31.2 Å². The molecule has 3 rings (SSSR count). The summed E-state index contributed by atoms with van der Waals surface area (Å²) < 4.78 is 5.14. The number of hydrogen-bond acceptors (Lipinski definition) is 6. The molecule has 0 atom stereocenters. The van der Waals surface area contributed by atoms with E-state index >= 15 is 0 Å². The van der Waals surface area contributed by atoms with Gasteiger partial charge in [0.1, 0.15) is 5.75 Å². The number of aromatic amines is 1. The third kappa shape index (κ3) is 3.43. The maximum Gasteiger partial charge on any atom is 0.209 e. The van der Waals surface area contributed by atoms with Gasteiger partial charge in [0.25, 0.3) is 0 Å². The second-order valence-corrected chi connectivity index (χ2v) is 6.35. The van der Waals surface area contributed by atoms with E-state index in [-0.39, 0.29) is 0 Å². The fourth-order valence-corrected chi connectivity index (χ4v) is 3.21. The summed E-state index contributed by atoms with van der Waals surface area (Å²) in [4.78, 5) is 8.92. The summed E-state index contributed by atoms with van der Waals surface area (Å²) in [5.41, 5.74) is 2.05. The topological polar surface area (TPSA) is 63.7 Å². The molecule has 0 radical (unpaired) electrons. The van der Waals surface area contributed by atoms with Gasteiger partial charge in [0, 0.05) is 16.7 Å². The summed E-state index contributed by atoms with van der Waals surface area (Å²) in [6.07, 6.45) is 0. The van der Waals surface area contributed by atoms with Gasteiger partial charge >= 0.3 is 0 Å². The molecule has 0 unspecified atom stereocenters. The zero-order valence-electron chi connectivity index (χ0n) is 11.7. The molecule has 0 aliphatic carbocycles. The summed E-state index contributed by atoms with van der Waals surface area (Å²) in [6, 6.07) is 7.72. The fraction of sp³-hybridized carbons (Fsp3) is 0.214. The molecule has 5 nitrogen and oxygen atoms in total. The molecule has 0 bridgehead atoms. The van der Waals surface area contributed by atoms with Crippen molar-refractivity contribution in [2.24, 2.45) is 0 Å². The molecule has 0 saturated carbocycles. The van der Waals surface area contributed by atoms with Gasteiger partial charge in [0.05, 0.1) is 17.8 Å². The Morgan fingerprint density at radius 2 is 2.05 bits per heavy atom. The summed E-state index contributed by atoms with van der Waals surface area (Å²) in [5, 5.41) is 11.1. The van der Waals surface area contributed by atoms with Crippen molar-refractivity contribution in [3.05, 3.63) is 40.3 Å². The second kappa shape index (κ2) is 6.28. The average Bonchev–Trinajstić information content (AvgIpc) is 3.14. The second-order valence-electron chi connectivity index (χ2n) is 4.34. The van der Waals surface area contributed by atoms with E-state index < -0.39 is 0 Å². The van der Waals surface area contributed by atoms with Gasteiger partial charge in [0.15, 0.2) is 5.82 Å². The van der Waals surface area contributed by atoms with Crippen LogP contribution in [-0.2, 0) is 5.75 Å². The van der Waals surface area contributed by atoms with Crippen molar-refractivity contribution in [3.63, 3.8) is 0 Å². The third-order valence-corrected chi connectivity index (χ3v) is 4.55. The smallest absolute Gasteiger partial charge is 0.209 e. The van der Waals surface area contributed by atoms with E-state index in [1.54, 1.807) is 30.2 Å². The SMILES string of the molecule is COc1ccc(-c2nc(SCc3csc(C)n3)n[nH]2)cc1. The molecule has 21 heavy (non-hydrogen) atoms. The maximum atomic E-state index is 5.14. The number of aromatic nitrogens is 4. The van der Waals surface area contributed by atoms with Gasteiger partial charge in [0.2, 0.25) is 5.16 Å². The molecule has 0 amide bonds. The number of ether oxygens (including phenoxy) is 1. The van der Waals surface area contributed by atoms with Crippen LogP contribution < -0.4 is 4.74 Å². The van der Waals surface area contributed by atoms with Crippen LogP contribution in [0.15, 0.2) is 34.8 Å². The molecular weight excluding hydrogens is 304 g/mol. The lowest BCUT2D eigenvalue weighted by Crippen LogP contribution is -1.84. The number of methoxy groups -OCH3 is 1. The summed E-state index contributed by atoms with van der Waals surface area (Å²) in [5.74, 6) is 2.37. The van der Waals surface area contributed by atoms with Gasteiger partial charge in [-0.25, -0.2) is 9.97 Å². The van der Waals surface area contributed by atoms with Crippen molar-refractivity contribution in [3.8, 4) is 17.1 Å². The van der Waals surface area contributed by atoms with Crippen molar-refractivity contribution in [2.45, 2.75) is 17.8 Å². The highest BCUT2D eigenvalue weighted by molar-refractivity contribution is 7.98. The van der Waals surface area contributed by atoms with Gasteiger partial charge in [-0.2, -0.15) is 0 Å². The highest BCUT2D eigenvalue weighted by Gasteiger charge is 2.07. The highest BCUT2D eigenvalue weighted by Crippen LogP contribution is 2.24. The van der Waals surface area contributed by atoms with Crippen LogP contribution in [-0.4, -0.2) is 27.3 Å². The van der Waals surface area contributed by atoms with Crippen LogP contribution in [0.5, 0.6) is 5.75 Å². The normalized spacial score (nSPS) is 10.8. The molecule has 0 saturated heterocycles. The zero-order valence-corrected chi connectivity index (χ0v) is 13.3. The molecule has 3 aromatic rings. The van der Waals surface area contributed by atoms with Crippen LogP contribution in [0.1, 0.15) is 10.7 Å². The molecule has 108 valence electrons. The van der Waals surface area contributed by atoms with Crippen molar-refractivity contribution in [2.75, 3.05) is 7.11 Å². The minimum Gasteiger partial charge on any atom is -0.497 e. The van der Waals surface area contributed by atoms with E-state index in [0.29, 0.717) is 0 Å². The predicted octanol–water partition coefficient (Wildman–Crippen LogP) is 3.54. The first-order chi connectivity index (χ1) is 10.2. The monoisotopic (exact) mass is 318 g/mol. The summed E-state index contributed by atoms with van der Waals surface area (Å²) in [7, 11) is 1.65. The van der Waals surface area contributed by atoms with Crippen LogP contribution in [0.4, 0.5) is 0 Å². The Kier molecular flexibility index (Phi) is 4.21. The number of benzene rings is 1. The molecular formula is C14H14N4OS2. The Morgan fingerprint density at radius 3 is 2.71 bits per heavy atom. The Morgan fingerprint density at radius 1 is 1.24 bits per heavy atom. The van der Waals surface area contributed by atoms with E-state index in [0.717, 1.165) is 38.7 Å². The maximum absolute atomic E-state index is 5.14. The van der Waals surface area contributed by atoms with Crippen molar-refractivity contribution in [1.29, 1.82) is 0 Å². The number of H-pyrrole nitrogens is 1. The van der Waals surface area contributed by atoms with Crippen LogP contribution in [0.3, 0.4) is 0 Å². The van der Waals surface area contributed by atoms with Crippen molar-refractivity contribution >= 4 is 23.1 Å². The lowest BCUT2D eigenvalue weighted by molar-refractivity contribution is 0.415. The predicted molar refractivity (Wildman–Crippen MR) is 84.8 cm³/mol. The summed E-state index contributed by atoms with van der Waals surface area (Å²) >= 11 is 3.24. The van der Waals surface area contributed by atoms with Crippen molar-refractivity contribution in [1.82, 2.24) is 20.2 Å². The minimum atomic E-state index is 0.728. The Hall–Kier alpha value is -1.86. The lowest BCUT2D eigenvalue weighted by atomic mass is 10.2. The molecule has 0 fully saturated rings. The zero-order chi connectivity index (χ0) is 14.7. The lowest BCUT2D eigenvalue weighted by Gasteiger charge is -1.99. The number of rotatable bonds is 5. The van der Waals surface area contributed by atoms with E-state index in [9.17, 15) is 0 Å². The van der Waals surface area contributed by atoms with Crippen LogP contribution in [0.2, 0.25) is 0 Å². The third-order valence-electron chi connectivity index (χ3n) is 2.84. The standard InChI is InChI=1S/C14H14N4OS2/c1-9-15-11(7-20-9)8-21-14-16-13(17-18-14)10-3-5-12(19-2)6-4-10/h3-7H,8H2,1-2H3,(H,16,17,18). The minimum absolute atomic E-state index is 0.728. The van der Waals surface area contributed by atoms with E-state index in [2.05, 4.69) is 25.5 Å². The van der Waals surface area contributed by atoms with Gasteiger partial charge in [-0.05, 0) is 31.2 Å². The van der Waals surface area contributed by atoms with E-state index in [1.165, 1.54) is 0 Å². The Balaban J connectivity index is 1.67. The molecule has 0 aliphatic rings. The molecule has 1 aromatic carbocycles. The number of aryl methyl sites for hydroxylation is 1. The van der Waals surface area contributed by atoms with Crippen molar-refractivity contribution < 1.29 is 4.74 Å². The first-order valence-corrected chi connectivity index (χ1v) is 8.22. The first kappa shape index (κ1) is 14.1. The number of nitrogens with zero attached hydrogens (tertiary/aromatic N) is 3. The molecule has 7 heteroatoms. The number of nitrogens with one attached hydrogen (secondary N) is 1. The van der Waals surface area contributed by atoms with Gasteiger partial charge in [-0.1, -0.05) is 11.8 Å². The van der Waals surface area contributed by atoms with Crippen LogP contribution in [0, 0.1) is 6.92 Å². The number of thiazole rings is 1. The van der Waals surface area contributed by atoms with Gasteiger partial charge in [-0.3, -0.25) is 5.10 Å². The quantitative estimate of drug-likeness (QED) is 0.729.